The summed E-state index contributed by atoms with van der Waals surface area (Å²) in [5.74, 6) is 1.41. The molecule has 3 N–H and O–H groups in total. The molecular weight excluding hydrogens is 420 g/mol. The van der Waals surface area contributed by atoms with E-state index in [4.69, 9.17) is 18.9 Å². The summed E-state index contributed by atoms with van der Waals surface area (Å²) in [7, 11) is 3.31. The van der Waals surface area contributed by atoms with Crippen LogP contribution in [0.15, 0.2) is 48.7 Å². The van der Waals surface area contributed by atoms with Crippen molar-refractivity contribution in [2.24, 2.45) is 0 Å². The van der Waals surface area contributed by atoms with Crippen LogP contribution in [-0.4, -0.2) is 69.4 Å². The number of aromatic nitrogens is 1. The molecule has 0 saturated carbocycles. The highest BCUT2D eigenvalue weighted by Crippen LogP contribution is 2.40. The fourth-order valence-electron chi connectivity index (χ4n) is 4.52. The van der Waals surface area contributed by atoms with Gasteiger partial charge >= 0.3 is 0 Å². The Labute approximate surface area is 195 Å². The average molecular weight is 455 g/mol. The molecule has 2 heterocycles. The molecule has 1 saturated heterocycles. The molecule has 1 fully saturated rings. The van der Waals surface area contributed by atoms with Gasteiger partial charge in [-0.2, -0.15) is 0 Å². The van der Waals surface area contributed by atoms with Crippen LogP contribution >= 0.6 is 0 Å². The second-order valence-corrected chi connectivity index (χ2v) is 8.41. The Morgan fingerprint density at radius 1 is 1.09 bits per heavy atom. The second-order valence-electron chi connectivity index (χ2n) is 8.41. The van der Waals surface area contributed by atoms with Crippen LogP contribution in [0.2, 0.25) is 0 Å². The highest BCUT2D eigenvalue weighted by Gasteiger charge is 2.24. The average Bonchev–Trinajstić information content (AvgIpc) is 3.51. The number of aliphatic hydroxyl groups is 1. The molecule has 2 aromatic carbocycles. The van der Waals surface area contributed by atoms with E-state index in [1.54, 1.807) is 14.2 Å². The smallest absolute Gasteiger partial charge is 0.164 e. The van der Waals surface area contributed by atoms with Crippen LogP contribution in [0.4, 0.5) is 0 Å². The molecule has 178 valence electrons. The fraction of sp³-hybridized carbons (Fsp3) is 0.462. The highest BCUT2D eigenvalue weighted by atomic mass is 16.5. The van der Waals surface area contributed by atoms with E-state index >= 15 is 0 Å². The molecule has 1 aliphatic heterocycles. The lowest BCUT2D eigenvalue weighted by molar-refractivity contribution is -0.0164. The maximum atomic E-state index is 10.4. The number of para-hydroxylation sites is 2. The van der Waals surface area contributed by atoms with Gasteiger partial charge in [-0.25, -0.2) is 0 Å². The van der Waals surface area contributed by atoms with E-state index in [0.29, 0.717) is 25.4 Å². The van der Waals surface area contributed by atoms with Gasteiger partial charge in [0.25, 0.3) is 0 Å². The van der Waals surface area contributed by atoms with Crippen molar-refractivity contribution in [2.45, 2.75) is 31.0 Å². The van der Waals surface area contributed by atoms with Crippen molar-refractivity contribution in [2.75, 3.05) is 47.1 Å². The van der Waals surface area contributed by atoms with Crippen molar-refractivity contribution >= 4 is 10.9 Å². The quantitative estimate of drug-likeness (QED) is 0.389. The summed E-state index contributed by atoms with van der Waals surface area (Å²) in [5.41, 5.74) is 3.27. The number of H-pyrrole nitrogens is 1. The van der Waals surface area contributed by atoms with Crippen molar-refractivity contribution < 1.29 is 24.1 Å². The van der Waals surface area contributed by atoms with Crippen molar-refractivity contribution in [3.63, 3.8) is 0 Å². The first-order valence-electron chi connectivity index (χ1n) is 11.6. The summed E-state index contributed by atoms with van der Waals surface area (Å²) in [6.07, 6.45) is 3.74. The minimum absolute atomic E-state index is 0.00814. The fourth-order valence-corrected chi connectivity index (χ4v) is 4.52. The third kappa shape index (κ3) is 5.68. The Balaban J connectivity index is 1.47. The molecule has 4 rings (SSSR count). The lowest BCUT2D eigenvalue weighted by Gasteiger charge is -2.23. The van der Waals surface area contributed by atoms with E-state index in [0.717, 1.165) is 47.2 Å². The van der Waals surface area contributed by atoms with E-state index in [9.17, 15) is 5.11 Å². The molecule has 33 heavy (non-hydrogen) atoms. The van der Waals surface area contributed by atoms with Gasteiger partial charge in [0.15, 0.2) is 11.5 Å². The predicted octanol–water partition coefficient (Wildman–Crippen LogP) is 3.46. The highest BCUT2D eigenvalue weighted by molar-refractivity contribution is 5.84. The SMILES string of the molecule is COc1cccc([C@H](CNC[C@@H](O)COC[C@@H]2CCCO2)c2c[nH]c3ccccc23)c1OC. The Bertz CT molecular complexity index is 1010. The third-order valence-corrected chi connectivity index (χ3v) is 6.17. The minimum Gasteiger partial charge on any atom is -0.493 e. The molecule has 7 heteroatoms. The van der Waals surface area contributed by atoms with Crippen LogP contribution in [0.25, 0.3) is 10.9 Å². The standard InChI is InChI=1S/C26H34N2O5/c1-30-25-11-5-9-21(26(25)31-2)22(23-15-28-24-10-4-3-8-20(23)24)14-27-13-18(29)16-32-17-19-7-6-12-33-19/h3-5,8-11,15,18-19,22,27-29H,6-7,12-14,16-17H2,1-2H3/t18-,19+,22+/m1/s1. The van der Waals surface area contributed by atoms with Crippen LogP contribution in [0.5, 0.6) is 11.5 Å². The van der Waals surface area contributed by atoms with Gasteiger partial charge in [0.05, 0.1) is 39.6 Å². The number of benzene rings is 2. The van der Waals surface area contributed by atoms with Gasteiger partial charge in [0.1, 0.15) is 0 Å². The first-order chi connectivity index (χ1) is 16.2. The van der Waals surface area contributed by atoms with Gasteiger partial charge in [-0.3, -0.25) is 0 Å². The monoisotopic (exact) mass is 454 g/mol. The third-order valence-electron chi connectivity index (χ3n) is 6.17. The number of hydrogen-bond donors (Lipinski definition) is 3. The zero-order valence-corrected chi connectivity index (χ0v) is 19.4. The van der Waals surface area contributed by atoms with Crippen LogP contribution in [0.1, 0.15) is 29.9 Å². The molecule has 0 amide bonds. The van der Waals surface area contributed by atoms with Gasteiger partial charge in [0, 0.05) is 48.3 Å². The molecule has 0 bridgehead atoms. The van der Waals surface area contributed by atoms with Gasteiger partial charge in [-0.1, -0.05) is 30.3 Å². The number of fused-ring (bicyclic) bond motifs is 1. The van der Waals surface area contributed by atoms with Gasteiger partial charge in [-0.15, -0.1) is 0 Å². The van der Waals surface area contributed by atoms with E-state index in [-0.39, 0.29) is 18.6 Å². The van der Waals surface area contributed by atoms with Gasteiger partial charge in [0.2, 0.25) is 0 Å². The molecule has 0 aliphatic carbocycles. The lowest BCUT2D eigenvalue weighted by atomic mass is 9.89. The Morgan fingerprint density at radius 2 is 1.97 bits per heavy atom. The number of aromatic amines is 1. The van der Waals surface area contributed by atoms with Crippen molar-refractivity contribution in [1.29, 1.82) is 0 Å². The van der Waals surface area contributed by atoms with Crippen LogP contribution in [-0.2, 0) is 9.47 Å². The summed E-state index contributed by atoms with van der Waals surface area (Å²) >= 11 is 0. The molecule has 0 unspecified atom stereocenters. The minimum atomic E-state index is -0.595. The van der Waals surface area contributed by atoms with Crippen molar-refractivity contribution in [3.05, 3.63) is 59.8 Å². The second kappa shape index (κ2) is 11.5. The maximum absolute atomic E-state index is 10.4. The maximum Gasteiger partial charge on any atom is 0.164 e. The Kier molecular flexibility index (Phi) is 8.23. The summed E-state index contributed by atoms with van der Waals surface area (Å²) in [4.78, 5) is 3.38. The molecule has 7 nitrogen and oxygen atoms in total. The molecule has 3 atom stereocenters. The number of ether oxygens (including phenoxy) is 4. The van der Waals surface area contributed by atoms with E-state index in [1.807, 2.05) is 24.3 Å². The summed E-state index contributed by atoms with van der Waals surface area (Å²) in [6, 6.07) is 14.2. The largest absolute Gasteiger partial charge is 0.493 e. The molecule has 0 radical (unpaired) electrons. The number of hydrogen-bond acceptors (Lipinski definition) is 6. The Morgan fingerprint density at radius 3 is 2.76 bits per heavy atom. The van der Waals surface area contributed by atoms with E-state index < -0.39 is 6.10 Å². The summed E-state index contributed by atoms with van der Waals surface area (Å²) in [5, 5.41) is 15.0. The number of rotatable bonds is 12. The first kappa shape index (κ1) is 23.6. The molecule has 1 aliphatic rings. The molecular formula is C26H34N2O5. The van der Waals surface area contributed by atoms with Crippen LogP contribution in [0, 0.1) is 0 Å². The number of methoxy groups -OCH3 is 2. The predicted molar refractivity (Wildman–Crippen MR) is 128 cm³/mol. The van der Waals surface area contributed by atoms with Crippen molar-refractivity contribution in [3.8, 4) is 11.5 Å². The molecule has 0 spiro atoms. The zero-order chi connectivity index (χ0) is 23.0. The summed E-state index contributed by atoms with van der Waals surface area (Å²) in [6.45, 7) is 2.68. The van der Waals surface area contributed by atoms with E-state index in [1.165, 1.54) is 0 Å². The molecule has 3 aromatic rings. The molecule has 1 aromatic heterocycles. The number of aliphatic hydroxyl groups excluding tert-OH is 1. The lowest BCUT2D eigenvalue weighted by Crippen LogP contribution is -2.34. The topological polar surface area (TPSA) is 85.0 Å². The van der Waals surface area contributed by atoms with E-state index in [2.05, 4.69) is 34.7 Å². The van der Waals surface area contributed by atoms with Gasteiger partial charge < -0.3 is 34.4 Å². The zero-order valence-electron chi connectivity index (χ0n) is 19.4. The van der Waals surface area contributed by atoms with Crippen molar-refractivity contribution in [1.82, 2.24) is 10.3 Å². The first-order valence-corrected chi connectivity index (χ1v) is 11.6. The number of nitrogens with one attached hydrogen (secondary N) is 2. The van der Waals surface area contributed by atoms with Crippen LogP contribution in [0.3, 0.4) is 0 Å². The van der Waals surface area contributed by atoms with Gasteiger partial charge in [-0.05, 0) is 30.5 Å². The van der Waals surface area contributed by atoms with Crippen LogP contribution < -0.4 is 14.8 Å². The summed E-state index contributed by atoms with van der Waals surface area (Å²) < 4.78 is 22.5. The Hall–Kier alpha value is -2.58. The normalized spacial score (nSPS) is 17.8.